The Balaban J connectivity index is 2.10. The van der Waals surface area contributed by atoms with Crippen LogP contribution in [0.5, 0.6) is 5.75 Å². The smallest absolute Gasteiger partial charge is 0.331 e. The first-order valence-corrected chi connectivity index (χ1v) is 7.60. The molecule has 1 aliphatic rings. The summed E-state index contributed by atoms with van der Waals surface area (Å²) in [6.07, 6.45) is 3.25. The van der Waals surface area contributed by atoms with Gasteiger partial charge in [0.15, 0.2) is 0 Å². The van der Waals surface area contributed by atoms with Gasteiger partial charge in [-0.25, -0.2) is 4.79 Å². The van der Waals surface area contributed by atoms with Gasteiger partial charge in [-0.3, -0.25) is 9.59 Å². The number of aromatic hydroxyl groups is 1. The number of carbonyl (C=O) groups is 3. The maximum absolute atomic E-state index is 12.0. The SMILES string of the molecule is C=C(C=O)C1CC(OC(=O)C=Cc2ccc(O)cc2)C(CO)=C1C=O. The lowest BCUT2D eigenvalue weighted by molar-refractivity contribution is -0.141. The number of aliphatic hydroxyl groups excluding tert-OH is 1. The van der Waals surface area contributed by atoms with Gasteiger partial charge in [-0.15, -0.1) is 0 Å². The number of hydrogen-bond donors (Lipinski definition) is 2. The van der Waals surface area contributed by atoms with Crippen LogP contribution in [0, 0.1) is 5.92 Å². The average Bonchev–Trinajstić information content (AvgIpc) is 2.97. The van der Waals surface area contributed by atoms with Crippen molar-refractivity contribution in [1.82, 2.24) is 0 Å². The molecule has 1 aromatic rings. The number of benzene rings is 1. The first-order chi connectivity index (χ1) is 12.0. The van der Waals surface area contributed by atoms with E-state index in [1.807, 2.05) is 0 Å². The van der Waals surface area contributed by atoms with Crippen LogP contribution in [-0.2, 0) is 19.1 Å². The number of phenols is 1. The number of hydrogen-bond acceptors (Lipinski definition) is 6. The van der Waals surface area contributed by atoms with Crippen LogP contribution in [-0.4, -0.2) is 41.5 Å². The first kappa shape index (κ1) is 18.4. The molecule has 0 saturated carbocycles. The molecule has 2 unspecified atom stereocenters. The number of allylic oxidation sites excluding steroid dienone is 2. The van der Waals surface area contributed by atoms with Crippen molar-refractivity contribution < 1.29 is 29.3 Å². The van der Waals surface area contributed by atoms with Crippen LogP contribution in [0.15, 0.2) is 53.6 Å². The van der Waals surface area contributed by atoms with Gasteiger partial charge in [0.05, 0.1) is 6.61 Å². The van der Waals surface area contributed by atoms with Crippen molar-refractivity contribution >= 4 is 24.6 Å². The van der Waals surface area contributed by atoms with E-state index < -0.39 is 24.6 Å². The Kier molecular flexibility index (Phi) is 6.03. The zero-order chi connectivity index (χ0) is 18.4. The fourth-order valence-corrected chi connectivity index (χ4v) is 2.73. The number of aliphatic hydroxyl groups is 1. The molecule has 25 heavy (non-hydrogen) atoms. The number of carbonyl (C=O) groups excluding carboxylic acids is 3. The summed E-state index contributed by atoms with van der Waals surface area (Å²) in [5.74, 6) is -1.09. The third-order valence-corrected chi connectivity index (χ3v) is 4.04. The van der Waals surface area contributed by atoms with Crippen molar-refractivity contribution in [3.05, 3.63) is 59.2 Å². The minimum absolute atomic E-state index is 0.117. The lowest BCUT2D eigenvalue weighted by Gasteiger charge is -2.14. The fourth-order valence-electron chi connectivity index (χ4n) is 2.73. The minimum Gasteiger partial charge on any atom is -0.508 e. The van der Waals surface area contributed by atoms with Crippen LogP contribution in [0.1, 0.15) is 12.0 Å². The highest BCUT2D eigenvalue weighted by Crippen LogP contribution is 2.36. The average molecular weight is 342 g/mol. The predicted molar refractivity (Wildman–Crippen MR) is 90.5 cm³/mol. The van der Waals surface area contributed by atoms with Crippen molar-refractivity contribution in [3.63, 3.8) is 0 Å². The van der Waals surface area contributed by atoms with E-state index in [9.17, 15) is 24.6 Å². The normalized spacial score (nSPS) is 19.9. The number of ether oxygens (including phenoxy) is 1. The molecule has 0 fully saturated rings. The zero-order valence-electron chi connectivity index (χ0n) is 13.4. The highest BCUT2D eigenvalue weighted by atomic mass is 16.5. The third kappa shape index (κ3) is 4.30. The molecule has 2 atom stereocenters. The molecule has 0 saturated heterocycles. The molecular weight excluding hydrogens is 324 g/mol. The maximum atomic E-state index is 12.0. The van der Waals surface area contributed by atoms with Gasteiger partial charge in [0.2, 0.25) is 0 Å². The molecule has 0 aliphatic heterocycles. The highest BCUT2D eigenvalue weighted by Gasteiger charge is 2.36. The third-order valence-electron chi connectivity index (χ3n) is 4.04. The summed E-state index contributed by atoms with van der Waals surface area (Å²) in [4.78, 5) is 34.2. The summed E-state index contributed by atoms with van der Waals surface area (Å²) >= 11 is 0. The van der Waals surface area contributed by atoms with Gasteiger partial charge in [-0.1, -0.05) is 18.7 Å². The van der Waals surface area contributed by atoms with Crippen molar-refractivity contribution in [2.24, 2.45) is 5.92 Å². The van der Waals surface area contributed by atoms with Gasteiger partial charge >= 0.3 is 5.97 Å². The van der Waals surface area contributed by atoms with Crippen LogP contribution in [0.3, 0.4) is 0 Å². The number of esters is 1. The second kappa shape index (κ2) is 8.21. The summed E-state index contributed by atoms with van der Waals surface area (Å²) in [6, 6.07) is 6.23. The van der Waals surface area contributed by atoms with Gasteiger partial charge in [0.1, 0.15) is 24.4 Å². The van der Waals surface area contributed by atoms with Gasteiger partial charge in [0.25, 0.3) is 0 Å². The standard InChI is InChI=1S/C19H18O6/c1-12(9-20)15-8-18(17(11-22)16(15)10-21)25-19(24)7-4-13-2-5-14(23)6-3-13/h2-7,9-10,15,18,22-23H,1,8,11H2. The van der Waals surface area contributed by atoms with E-state index in [1.165, 1.54) is 24.3 Å². The van der Waals surface area contributed by atoms with E-state index in [-0.39, 0.29) is 28.9 Å². The topological polar surface area (TPSA) is 101 Å². The maximum Gasteiger partial charge on any atom is 0.331 e. The molecular formula is C19H18O6. The van der Waals surface area contributed by atoms with Crippen molar-refractivity contribution in [2.75, 3.05) is 6.61 Å². The molecule has 0 heterocycles. The highest BCUT2D eigenvalue weighted by molar-refractivity contribution is 5.88. The van der Waals surface area contributed by atoms with Crippen LogP contribution >= 0.6 is 0 Å². The van der Waals surface area contributed by atoms with E-state index in [1.54, 1.807) is 12.1 Å². The Morgan fingerprint density at radius 1 is 1.28 bits per heavy atom. The zero-order valence-corrected chi connectivity index (χ0v) is 13.4. The van der Waals surface area contributed by atoms with Crippen LogP contribution in [0.25, 0.3) is 6.08 Å². The Morgan fingerprint density at radius 2 is 1.96 bits per heavy atom. The Bertz CT molecular complexity index is 742. The molecule has 2 rings (SSSR count). The second-order valence-electron chi connectivity index (χ2n) is 5.59. The van der Waals surface area contributed by atoms with Gasteiger partial charge < -0.3 is 14.9 Å². The van der Waals surface area contributed by atoms with Crippen LogP contribution in [0.4, 0.5) is 0 Å². The largest absolute Gasteiger partial charge is 0.508 e. The van der Waals surface area contributed by atoms with E-state index in [0.717, 1.165) is 0 Å². The van der Waals surface area contributed by atoms with E-state index in [4.69, 9.17) is 4.74 Å². The molecule has 130 valence electrons. The first-order valence-electron chi connectivity index (χ1n) is 7.60. The monoisotopic (exact) mass is 342 g/mol. The minimum atomic E-state index is -0.788. The molecule has 0 amide bonds. The Labute approximate surface area is 144 Å². The second-order valence-corrected chi connectivity index (χ2v) is 5.59. The summed E-state index contributed by atoms with van der Waals surface area (Å²) in [5.41, 5.74) is 1.42. The lowest BCUT2D eigenvalue weighted by atomic mass is 9.94. The number of aldehydes is 2. The Hall–Kier alpha value is -2.99. The molecule has 1 aromatic carbocycles. The molecule has 6 heteroatoms. The number of phenolic OH excluding ortho intramolecular Hbond substituents is 1. The van der Waals surface area contributed by atoms with E-state index in [0.29, 0.717) is 18.1 Å². The van der Waals surface area contributed by atoms with E-state index in [2.05, 4.69) is 6.58 Å². The lowest BCUT2D eigenvalue weighted by Crippen LogP contribution is -2.19. The van der Waals surface area contributed by atoms with Crippen LogP contribution in [0.2, 0.25) is 0 Å². The quantitative estimate of drug-likeness (QED) is 0.443. The molecule has 6 nitrogen and oxygen atoms in total. The molecule has 0 bridgehead atoms. The molecule has 0 aromatic heterocycles. The van der Waals surface area contributed by atoms with Crippen LogP contribution < -0.4 is 0 Å². The van der Waals surface area contributed by atoms with Gasteiger partial charge in [-0.2, -0.15) is 0 Å². The number of rotatable bonds is 7. The molecule has 1 aliphatic carbocycles. The molecule has 0 spiro atoms. The van der Waals surface area contributed by atoms with Crippen molar-refractivity contribution in [2.45, 2.75) is 12.5 Å². The summed E-state index contributed by atoms with van der Waals surface area (Å²) in [7, 11) is 0. The molecule has 2 N–H and O–H groups in total. The van der Waals surface area contributed by atoms with Crippen molar-refractivity contribution in [3.8, 4) is 5.75 Å². The van der Waals surface area contributed by atoms with Crippen molar-refractivity contribution in [1.29, 1.82) is 0 Å². The van der Waals surface area contributed by atoms with E-state index >= 15 is 0 Å². The summed E-state index contributed by atoms with van der Waals surface area (Å²) in [6.45, 7) is 3.15. The van der Waals surface area contributed by atoms with Gasteiger partial charge in [0, 0.05) is 23.1 Å². The van der Waals surface area contributed by atoms with Gasteiger partial charge in [-0.05, 0) is 35.8 Å². The molecule has 0 radical (unpaired) electrons. The Morgan fingerprint density at radius 3 is 2.52 bits per heavy atom. The summed E-state index contributed by atoms with van der Waals surface area (Å²) in [5, 5.41) is 18.7. The predicted octanol–water partition coefficient (Wildman–Crippen LogP) is 1.58. The fraction of sp³-hybridized carbons (Fsp3) is 0.211. The summed E-state index contributed by atoms with van der Waals surface area (Å²) < 4.78 is 5.31.